The molecule has 5 nitrogen and oxygen atoms in total. The molecule has 1 atom stereocenters. The first-order chi connectivity index (χ1) is 12.4. The van der Waals surface area contributed by atoms with E-state index < -0.39 is 0 Å². The van der Waals surface area contributed by atoms with Crippen LogP contribution in [0.25, 0.3) is 11.3 Å². The zero-order chi connectivity index (χ0) is 16.9. The second kappa shape index (κ2) is 8.13. The third-order valence-corrected chi connectivity index (χ3v) is 5.17. The van der Waals surface area contributed by atoms with Crippen molar-refractivity contribution in [3.8, 4) is 11.3 Å². The molecule has 0 aliphatic carbocycles. The van der Waals surface area contributed by atoms with E-state index in [1.807, 2.05) is 18.2 Å². The fraction of sp³-hybridized carbons (Fsp3) is 0.550. The van der Waals surface area contributed by atoms with Gasteiger partial charge in [-0.3, -0.25) is 10.00 Å². The summed E-state index contributed by atoms with van der Waals surface area (Å²) in [6.07, 6.45) is 5.27. The zero-order valence-corrected chi connectivity index (χ0v) is 14.7. The largest absolute Gasteiger partial charge is 0.376 e. The average Bonchev–Trinajstić information content (AvgIpc) is 3.34. The van der Waals surface area contributed by atoms with Crippen molar-refractivity contribution in [2.75, 3.05) is 26.3 Å². The van der Waals surface area contributed by atoms with Gasteiger partial charge in [-0.05, 0) is 31.7 Å². The molecule has 25 heavy (non-hydrogen) atoms. The van der Waals surface area contributed by atoms with Gasteiger partial charge in [0, 0.05) is 37.5 Å². The number of likely N-dealkylation sites (tertiary alicyclic amines) is 1. The lowest BCUT2D eigenvalue weighted by Gasteiger charge is -2.31. The molecule has 2 aliphatic heterocycles. The van der Waals surface area contributed by atoms with E-state index in [1.165, 1.54) is 12.1 Å². The molecule has 0 bridgehead atoms. The summed E-state index contributed by atoms with van der Waals surface area (Å²) in [5.74, 6) is 0. The van der Waals surface area contributed by atoms with Crippen LogP contribution in [0.15, 0.2) is 36.4 Å². The van der Waals surface area contributed by atoms with Crippen LogP contribution in [0.3, 0.4) is 0 Å². The van der Waals surface area contributed by atoms with Crippen molar-refractivity contribution in [1.82, 2.24) is 15.1 Å². The number of nitrogens with one attached hydrogen (secondary N) is 1. The van der Waals surface area contributed by atoms with Gasteiger partial charge in [0.2, 0.25) is 0 Å². The summed E-state index contributed by atoms with van der Waals surface area (Å²) in [6, 6.07) is 12.5. The summed E-state index contributed by atoms with van der Waals surface area (Å²) in [6.45, 7) is 4.76. The fourth-order valence-corrected chi connectivity index (χ4v) is 3.69. The van der Waals surface area contributed by atoms with Gasteiger partial charge < -0.3 is 9.47 Å². The molecule has 134 valence electrons. The van der Waals surface area contributed by atoms with Crippen molar-refractivity contribution in [3.05, 3.63) is 42.1 Å². The minimum atomic E-state index is 0.333. The predicted molar refractivity (Wildman–Crippen MR) is 97.2 cm³/mol. The molecule has 2 aromatic rings. The highest BCUT2D eigenvalue weighted by Gasteiger charge is 2.23. The Kier molecular flexibility index (Phi) is 5.45. The lowest BCUT2D eigenvalue weighted by atomic mass is 10.1. The molecule has 0 saturated carbocycles. The minimum absolute atomic E-state index is 0.333. The molecule has 0 spiro atoms. The highest BCUT2D eigenvalue weighted by molar-refractivity contribution is 5.58. The van der Waals surface area contributed by atoms with Crippen molar-refractivity contribution in [3.63, 3.8) is 0 Å². The van der Waals surface area contributed by atoms with Crippen LogP contribution in [0.2, 0.25) is 0 Å². The van der Waals surface area contributed by atoms with Crippen LogP contribution in [0.4, 0.5) is 0 Å². The number of aromatic nitrogens is 2. The lowest BCUT2D eigenvalue weighted by molar-refractivity contribution is -0.0427. The second-order valence-corrected chi connectivity index (χ2v) is 7.09. The van der Waals surface area contributed by atoms with Crippen LogP contribution < -0.4 is 0 Å². The molecule has 1 aromatic carbocycles. The van der Waals surface area contributed by atoms with Crippen molar-refractivity contribution in [1.29, 1.82) is 0 Å². The molecule has 2 saturated heterocycles. The fourth-order valence-electron chi connectivity index (χ4n) is 3.69. The first-order valence-corrected chi connectivity index (χ1v) is 9.42. The highest BCUT2D eigenvalue weighted by atomic mass is 16.5. The van der Waals surface area contributed by atoms with Gasteiger partial charge in [-0.1, -0.05) is 30.3 Å². The maximum absolute atomic E-state index is 6.06. The number of hydrogen-bond donors (Lipinski definition) is 1. The van der Waals surface area contributed by atoms with Gasteiger partial charge in [0.15, 0.2) is 0 Å². The number of ether oxygens (including phenoxy) is 2. The van der Waals surface area contributed by atoms with Crippen molar-refractivity contribution in [2.45, 2.75) is 44.4 Å². The van der Waals surface area contributed by atoms with Crippen LogP contribution in [-0.2, 0) is 16.0 Å². The highest BCUT2D eigenvalue weighted by Crippen LogP contribution is 2.21. The van der Waals surface area contributed by atoms with Crippen LogP contribution in [0.5, 0.6) is 0 Å². The summed E-state index contributed by atoms with van der Waals surface area (Å²) in [7, 11) is 0. The predicted octanol–water partition coefficient (Wildman–Crippen LogP) is 3.24. The number of piperidine rings is 1. The maximum Gasteiger partial charge on any atom is 0.0924 e. The Morgan fingerprint density at radius 3 is 2.76 bits per heavy atom. The van der Waals surface area contributed by atoms with E-state index in [0.717, 1.165) is 63.4 Å². The van der Waals surface area contributed by atoms with Gasteiger partial charge in [-0.25, -0.2) is 0 Å². The molecule has 4 rings (SSSR count). The third kappa shape index (κ3) is 4.48. The Morgan fingerprint density at radius 2 is 2.00 bits per heavy atom. The van der Waals surface area contributed by atoms with Gasteiger partial charge in [-0.15, -0.1) is 0 Å². The molecule has 2 fully saturated rings. The molecule has 0 amide bonds. The van der Waals surface area contributed by atoms with Gasteiger partial charge in [0.05, 0.1) is 24.5 Å². The SMILES string of the molecule is c1ccc(-c2cc(CN3CCC(OC[C@@H]4CCCO4)CC3)[nH]n2)cc1. The third-order valence-electron chi connectivity index (χ3n) is 5.17. The van der Waals surface area contributed by atoms with Crippen LogP contribution in [0, 0.1) is 0 Å². The van der Waals surface area contributed by atoms with Crippen LogP contribution in [-0.4, -0.2) is 53.6 Å². The van der Waals surface area contributed by atoms with E-state index in [-0.39, 0.29) is 0 Å². The second-order valence-electron chi connectivity index (χ2n) is 7.09. The first kappa shape index (κ1) is 16.8. The average molecular weight is 341 g/mol. The zero-order valence-electron chi connectivity index (χ0n) is 14.7. The maximum atomic E-state index is 6.06. The molecular formula is C20H27N3O2. The number of aromatic amines is 1. The number of hydrogen-bond acceptors (Lipinski definition) is 4. The molecule has 1 N–H and O–H groups in total. The van der Waals surface area contributed by atoms with E-state index in [0.29, 0.717) is 12.2 Å². The number of benzene rings is 1. The summed E-state index contributed by atoms with van der Waals surface area (Å²) >= 11 is 0. The Balaban J connectivity index is 1.23. The molecule has 2 aliphatic rings. The summed E-state index contributed by atoms with van der Waals surface area (Å²) in [4.78, 5) is 2.48. The summed E-state index contributed by atoms with van der Waals surface area (Å²) in [5.41, 5.74) is 3.36. The molecule has 3 heterocycles. The number of H-pyrrole nitrogens is 1. The molecule has 5 heteroatoms. The van der Waals surface area contributed by atoms with E-state index >= 15 is 0 Å². The topological polar surface area (TPSA) is 50.4 Å². The van der Waals surface area contributed by atoms with Gasteiger partial charge >= 0.3 is 0 Å². The summed E-state index contributed by atoms with van der Waals surface area (Å²) in [5, 5.41) is 7.64. The number of rotatable bonds is 6. The van der Waals surface area contributed by atoms with Gasteiger partial charge in [0.25, 0.3) is 0 Å². The Morgan fingerprint density at radius 1 is 1.16 bits per heavy atom. The smallest absolute Gasteiger partial charge is 0.0924 e. The molecular weight excluding hydrogens is 314 g/mol. The van der Waals surface area contributed by atoms with E-state index in [9.17, 15) is 0 Å². The Bertz CT molecular complexity index is 644. The number of nitrogens with zero attached hydrogens (tertiary/aromatic N) is 2. The van der Waals surface area contributed by atoms with Crippen molar-refractivity contribution < 1.29 is 9.47 Å². The van der Waals surface area contributed by atoms with E-state index in [1.54, 1.807) is 0 Å². The Labute approximate surface area is 149 Å². The summed E-state index contributed by atoms with van der Waals surface area (Å²) < 4.78 is 11.7. The quantitative estimate of drug-likeness (QED) is 0.876. The van der Waals surface area contributed by atoms with Crippen LogP contribution >= 0.6 is 0 Å². The van der Waals surface area contributed by atoms with Gasteiger partial charge in [0.1, 0.15) is 0 Å². The van der Waals surface area contributed by atoms with E-state index in [2.05, 4.69) is 33.3 Å². The standard InChI is InChI=1S/C20H27N3O2/c1-2-5-16(6-3-1)20-13-17(21-22-20)14-23-10-8-18(9-11-23)25-15-19-7-4-12-24-19/h1-3,5-6,13,18-19H,4,7-12,14-15H2,(H,21,22)/t19-/m0/s1. The molecule has 0 unspecified atom stereocenters. The molecule has 1 aromatic heterocycles. The Hall–Kier alpha value is -1.69. The van der Waals surface area contributed by atoms with Crippen LogP contribution in [0.1, 0.15) is 31.4 Å². The van der Waals surface area contributed by atoms with Crippen molar-refractivity contribution in [2.24, 2.45) is 0 Å². The lowest BCUT2D eigenvalue weighted by Crippen LogP contribution is -2.37. The van der Waals surface area contributed by atoms with E-state index in [4.69, 9.17) is 9.47 Å². The van der Waals surface area contributed by atoms with Crippen molar-refractivity contribution >= 4 is 0 Å². The monoisotopic (exact) mass is 341 g/mol. The first-order valence-electron chi connectivity index (χ1n) is 9.42. The minimum Gasteiger partial charge on any atom is -0.376 e. The molecule has 0 radical (unpaired) electrons. The van der Waals surface area contributed by atoms with Gasteiger partial charge in [-0.2, -0.15) is 5.10 Å². The normalized spacial score (nSPS) is 22.5.